The Morgan fingerprint density at radius 1 is 1.50 bits per heavy atom. The second kappa shape index (κ2) is 4.22. The van der Waals surface area contributed by atoms with E-state index in [4.69, 9.17) is 0 Å². The average molecular weight is 263 g/mol. The van der Waals surface area contributed by atoms with Crippen molar-refractivity contribution in [3.8, 4) is 10.7 Å². The second-order valence-corrected chi connectivity index (χ2v) is 5.35. The molecule has 0 atom stereocenters. The van der Waals surface area contributed by atoms with Crippen molar-refractivity contribution >= 4 is 17.3 Å². The first-order valence-electron chi connectivity index (χ1n) is 5.72. The van der Waals surface area contributed by atoms with Crippen molar-refractivity contribution in [2.45, 2.75) is 13.1 Å². The molecule has 1 aliphatic heterocycles. The number of aromatic carboxylic acids is 1. The van der Waals surface area contributed by atoms with E-state index in [0.717, 1.165) is 29.5 Å². The van der Waals surface area contributed by atoms with Crippen LogP contribution in [0.4, 0.5) is 0 Å². The molecule has 2 aromatic heterocycles. The van der Waals surface area contributed by atoms with Crippen molar-refractivity contribution in [1.82, 2.24) is 14.5 Å². The predicted octanol–water partition coefficient (Wildman–Crippen LogP) is 1.76. The SMILES string of the molecule is CN1CCn2c(-c3cccs3)nc(C(=O)O)c2C1. The Balaban J connectivity index is 2.17. The number of aromatic nitrogens is 2. The third-order valence-electron chi connectivity index (χ3n) is 3.14. The van der Waals surface area contributed by atoms with Gasteiger partial charge in [0, 0.05) is 19.6 Å². The molecule has 94 valence electrons. The van der Waals surface area contributed by atoms with Crippen LogP contribution in [0.2, 0.25) is 0 Å². The largest absolute Gasteiger partial charge is 0.476 e. The van der Waals surface area contributed by atoms with Crippen molar-refractivity contribution in [2.24, 2.45) is 0 Å². The van der Waals surface area contributed by atoms with Gasteiger partial charge in [0.25, 0.3) is 0 Å². The van der Waals surface area contributed by atoms with Gasteiger partial charge in [-0.2, -0.15) is 0 Å². The normalized spacial score (nSPS) is 15.6. The molecule has 0 saturated heterocycles. The van der Waals surface area contributed by atoms with Gasteiger partial charge in [0.05, 0.1) is 10.6 Å². The highest BCUT2D eigenvalue weighted by atomic mass is 32.1. The van der Waals surface area contributed by atoms with Crippen LogP contribution in [-0.2, 0) is 13.1 Å². The van der Waals surface area contributed by atoms with Gasteiger partial charge in [-0.25, -0.2) is 9.78 Å². The van der Waals surface area contributed by atoms with Crippen LogP contribution >= 0.6 is 11.3 Å². The van der Waals surface area contributed by atoms with Gasteiger partial charge in [-0.3, -0.25) is 4.90 Å². The molecule has 0 aliphatic carbocycles. The number of hydrogen-bond donors (Lipinski definition) is 1. The minimum Gasteiger partial charge on any atom is -0.476 e. The number of thiophene rings is 1. The fourth-order valence-electron chi connectivity index (χ4n) is 2.26. The third kappa shape index (κ3) is 1.74. The van der Waals surface area contributed by atoms with Gasteiger partial charge < -0.3 is 9.67 Å². The van der Waals surface area contributed by atoms with E-state index < -0.39 is 5.97 Å². The number of fused-ring (bicyclic) bond motifs is 1. The molecule has 0 unspecified atom stereocenters. The van der Waals surface area contributed by atoms with E-state index >= 15 is 0 Å². The summed E-state index contributed by atoms with van der Waals surface area (Å²) in [5, 5.41) is 11.2. The number of carboxylic acid groups (broad SMARTS) is 1. The maximum atomic E-state index is 11.3. The van der Waals surface area contributed by atoms with Crippen LogP contribution in [0.1, 0.15) is 16.2 Å². The van der Waals surface area contributed by atoms with Crippen LogP contribution in [0.15, 0.2) is 17.5 Å². The Morgan fingerprint density at radius 3 is 3.00 bits per heavy atom. The summed E-state index contributed by atoms with van der Waals surface area (Å²) >= 11 is 1.58. The number of nitrogens with zero attached hydrogens (tertiary/aromatic N) is 3. The highest BCUT2D eigenvalue weighted by Crippen LogP contribution is 2.28. The van der Waals surface area contributed by atoms with Gasteiger partial charge in [-0.1, -0.05) is 6.07 Å². The van der Waals surface area contributed by atoms with Crippen LogP contribution < -0.4 is 0 Å². The number of rotatable bonds is 2. The van der Waals surface area contributed by atoms with Crippen LogP contribution in [0.3, 0.4) is 0 Å². The highest BCUT2D eigenvalue weighted by molar-refractivity contribution is 7.13. The van der Waals surface area contributed by atoms with E-state index in [1.165, 1.54) is 0 Å². The molecule has 2 aromatic rings. The van der Waals surface area contributed by atoms with Crippen LogP contribution in [0, 0.1) is 0 Å². The molecule has 5 nitrogen and oxygen atoms in total. The molecule has 3 rings (SSSR count). The molecular formula is C12H13N3O2S. The van der Waals surface area contributed by atoms with Crippen molar-refractivity contribution in [3.63, 3.8) is 0 Å². The fourth-order valence-corrected chi connectivity index (χ4v) is 2.98. The zero-order valence-corrected chi connectivity index (χ0v) is 10.8. The molecule has 6 heteroatoms. The van der Waals surface area contributed by atoms with E-state index in [1.807, 2.05) is 29.1 Å². The van der Waals surface area contributed by atoms with E-state index in [0.29, 0.717) is 6.54 Å². The number of likely N-dealkylation sites (N-methyl/N-ethyl adjacent to an activating group) is 1. The third-order valence-corrected chi connectivity index (χ3v) is 4.01. The molecule has 0 amide bonds. The summed E-state index contributed by atoms with van der Waals surface area (Å²) in [6.45, 7) is 2.35. The van der Waals surface area contributed by atoms with Crippen molar-refractivity contribution < 1.29 is 9.90 Å². The molecule has 3 heterocycles. The molecule has 0 saturated carbocycles. The molecule has 0 radical (unpaired) electrons. The summed E-state index contributed by atoms with van der Waals surface area (Å²) in [4.78, 5) is 18.7. The van der Waals surface area contributed by atoms with Crippen molar-refractivity contribution in [1.29, 1.82) is 0 Å². The lowest BCUT2D eigenvalue weighted by Crippen LogP contribution is -2.31. The Labute approximate surface area is 108 Å². The van der Waals surface area contributed by atoms with Crippen LogP contribution in [0.25, 0.3) is 10.7 Å². The minimum absolute atomic E-state index is 0.185. The van der Waals surface area contributed by atoms with Gasteiger partial charge in [-0.15, -0.1) is 11.3 Å². The van der Waals surface area contributed by atoms with Gasteiger partial charge in [0.15, 0.2) is 11.5 Å². The topological polar surface area (TPSA) is 58.4 Å². The van der Waals surface area contributed by atoms with Crippen molar-refractivity contribution in [2.75, 3.05) is 13.6 Å². The Morgan fingerprint density at radius 2 is 2.33 bits per heavy atom. The Kier molecular flexibility index (Phi) is 2.68. The second-order valence-electron chi connectivity index (χ2n) is 4.40. The highest BCUT2D eigenvalue weighted by Gasteiger charge is 2.26. The monoisotopic (exact) mass is 263 g/mol. The van der Waals surface area contributed by atoms with E-state index in [-0.39, 0.29) is 5.69 Å². The maximum absolute atomic E-state index is 11.3. The summed E-state index contributed by atoms with van der Waals surface area (Å²) in [5.74, 6) is -0.164. The zero-order valence-electron chi connectivity index (χ0n) is 9.96. The van der Waals surface area contributed by atoms with Gasteiger partial charge in [-0.05, 0) is 18.5 Å². The Bertz CT molecular complexity index is 589. The summed E-state index contributed by atoms with van der Waals surface area (Å²) < 4.78 is 2.04. The quantitative estimate of drug-likeness (QED) is 0.897. The number of hydrogen-bond acceptors (Lipinski definition) is 4. The molecule has 1 aliphatic rings. The van der Waals surface area contributed by atoms with Crippen molar-refractivity contribution in [3.05, 3.63) is 28.9 Å². The maximum Gasteiger partial charge on any atom is 0.356 e. The van der Waals surface area contributed by atoms with Crippen LogP contribution in [0.5, 0.6) is 0 Å². The Hall–Kier alpha value is -1.66. The van der Waals surface area contributed by atoms with E-state index in [2.05, 4.69) is 9.88 Å². The average Bonchev–Trinajstić information content (AvgIpc) is 2.93. The number of imidazole rings is 1. The molecule has 18 heavy (non-hydrogen) atoms. The lowest BCUT2D eigenvalue weighted by atomic mass is 10.2. The summed E-state index contributed by atoms with van der Waals surface area (Å²) in [6, 6.07) is 3.93. The fraction of sp³-hybridized carbons (Fsp3) is 0.333. The molecule has 0 fully saturated rings. The molecule has 1 N–H and O–H groups in total. The van der Waals surface area contributed by atoms with E-state index in [1.54, 1.807) is 11.3 Å². The lowest BCUT2D eigenvalue weighted by molar-refractivity contribution is 0.0687. The first-order chi connectivity index (χ1) is 8.66. The van der Waals surface area contributed by atoms with E-state index in [9.17, 15) is 9.90 Å². The molecule has 0 bridgehead atoms. The molecule has 0 aromatic carbocycles. The first-order valence-corrected chi connectivity index (χ1v) is 6.60. The molecular weight excluding hydrogens is 250 g/mol. The van der Waals surface area contributed by atoms with Crippen LogP contribution in [-0.4, -0.2) is 39.1 Å². The van der Waals surface area contributed by atoms with Gasteiger partial charge >= 0.3 is 5.97 Å². The summed E-state index contributed by atoms with van der Waals surface area (Å²) in [6.07, 6.45) is 0. The smallest absolute Gasteiger partial charge is 0.356 e. The van der Waals surface area contributed by atoms with Gasteiger partial charge in [0.1, 0.15) is 0 Å². The number of carbonyl (C=O) groups is 1. The van der Waals surface area contributed by atoms with Gasteiger partial charge in [0.2, 0.25) is 0 Å². The number of carboxylic acids is 1. The lowest BCUT2D eigenvalue weighted by Gasteiger charge is -2.25. The minimum atomic E-state index is -0.947. The first kappa shape index (κ1) is 11.4. The molecule has 0 spiro atoms. The predicted molar refractivity (Wildman–Crippen MR) is 68.8 cm³/mol. The summed E-state index contributed by atoms with van der Waals surface area (Å²) in [5.41, 5.74) is 0.990. The zero-order chi connectivity index (χ0) is 12.7. The standard InChI is InChI=1S/C12H13N3O2S/c1-14-4-5-15-8(7-14)10(12(16)17)13-11(15)9-3-2-6-18-9/h2-3,6H,4-5,7H2,1H3,(H,16,17). The summed E-state index contributed by atoms with van der Waals surface area (Å²) in [7, 11) is 1.99.